The lowest BCUT2D eigenvalue weighted by molar-refractivity contribution is -0.140. The van der Waals surface area contributed by atoms with Gasteiger partial charge in [0.1, 0.15) is 0 Å². The lowest BCUT2D eigenvalue weighted by Gasteiger charge is -2.33. The average molecular weight is 342 g/mol. The molecular weight excluding hydrogens is 312 g/mol. The Kier molecular flexibility index (Phi) is 5.28. The van der Waals surface area contributed by atoms with Gasteiger partial charge in [-0.2, -0.15) is 0 Å². The average Bonchev–Trinajstić information content (AvgIpc) is 2.86. The van der Waals surface area contributed by atoms with E-state index in [1.165, 1.54) is 21.6 Å². The van der Waals surface area contributed by atoms with Crippen LogP contribution in [-0.4, -0.2) is 40.7 Å². The van der Waals surface area contributed by atoms with E-state index in [0.29, 0.717) is 24.8 Å². The number of rotatable bonds is 5. The Morgan fingerprint density at radius 2 is 1.92 bits per heavy atom. The molecule has 0 aromatic heterocycles. The van der Waals surface area contributed by atoms with Crippen LogP contribution in [0.2, 0.25) is 0 Å². The Balaban J connectivity index is 1.73. The van der Waals surface area contributed by atoms with E-state index in [9.17, 15) is 9.59 Å². The Labute approximate surface area is 151 Å². The number of carbonyl (C=O) groups is 2. The first kappa shape index (κ1) is 18.1. The maximum atomic E-state index is 12.8. The number of fused-ring (bicyclic) bond motifs is 1. The normalized spacial score (nSPS) is 21.5. The van der Waals surface area contributed by atoms with E-state index in [1.54, 1.807) is 0 Å². The van der Waals surface area contributed by atoms with E-state index in [0.717, 1.165) is 25.9 Å². The molecule has 0 spiro atoms. The summed E-state index contributed by atoms with van der Waals surface area (Å²) in [6.45, 7) is 10.9. The first-order valence-corrected chi connectivity index (χ1v) is 9.57. The summed E-state index contributed by atoms with van der Waals surface area (Å²) in [5.74, 6) is 1.02. The van der Waals surface area contributed by atoms with Crippen LogP contribution in [0.25, 0.3) is 0 Å². The fraction of sp³-hybridized carbons (Fsp3) is 0.619. The molecular formula is C21H30N2O2. The van der Waals surface area contributed by atoms with Crippen LogP contribution >= 0.6 is 0 Å². The molecule has 1 atom stereocenters. The van der Waals surface area contributed by atoms with E-state index in [-0.39, 0.29) is 17.9 Å². The molecule has 0 saturated carbocycles. The van der Waals surface area contributed by atoms with Gasteiger partial charge in [0, 0.05) is 19.6 Å². The molecule has 4 nitrogen and oxygen atoms in total. The molecule has 1 aromatic rings. The highest BCUT2D eigenvalue weighted by molar-refractivity contribution is 6.05. The van der Waals surface area contributed by atoms with Crippen LogP contribution in [0.5, 0.6) is 0 Å². The van der Waals surface area contributed by atoms with Crippen molar-refractivity contribution in [1.82, 2.24) is 9.80 Å². The van der Waals surface area contributed by atoms with Crippen molar-refractivity contribution >= 4 is 11.8 Å². The van der Waals surface area contributed by atoms with Gasteiger partial charge in [0.15, 0.2) is 0 Å². The third-order valence-corrected chi connectivity index (χ3v) is 5.54. The first-order chi connectivity index (χ1) is 11.9. The SMILES string of the molecule is CC(C)CCN1C(=O)CC(N2CCc3c(cccc3C(C)C)C2)C1=O. The maximum Gasteiger partial charge on any atom is 0.247 e. The molecule has 2 aliphatic heterocycles. The predicted molar refractivity (Wildman–Crippen MR) is 99.2 cm³/mol. The molecule has 1 fully saturated rings. The number of carbonyl (C=O) groups excluding carboxylic acids is 2. The first-order valence-electron chi connectivity index (χ1n) is 9.57. The summed E-state index contributed by atoms with van der Waals surface area (Å²) in [5, 5.41) is 0. The standard InChI is InChI=1S/C21H30N2O2/c1-14(2)8-11-23-20(24)12-19(21(23)25)22-10-9-18-16(13-22)6-5-7-17(18)15(3)4/h5-7,14-15,19H,8-13H2,1-4H3. The van der Waals surface area contributed by atoms with Crippen molar-refractivity contribution in [1.29, 1.82) is 0 Å². The Hall–Kier alpha value is -1.68. The summed E-state index contributed by atoms with van der Waals surface area (Å²) in [5.41, 5.74) is 4.19. The second-order valence-corrected chi connectivity index (χ2v) is 8.15. The second kappa shape index (κ2) is 7.28. The number of nitrogens with zero attached hydrogens (tertiary/aromatic N) is 2. The second-order valence-electron chi connectivity index (χ2n) is 8.15. The molecule has 25 heavy (non-hydrogen) atoms. The zero-order chi connectivity index (χ0) is 18.1. The summed E-state index contributed by atoms with van der Waals surface area (Å²) < 4.78 is 0. The summed E-state index contributed by atoms with van der Waals surface area (Å²) in [6.07, 6.45) is 2.19. The molecule has 0 N–H and O–H groups in total. The van der Waals surface area contributed by atoms with Gasteiger partial charge in [-0.05, 0) is 41.4 Å². The van der Waals surface area contributed by atoms with Crippen molar-refractivity contribution in [2.75, 3.05) is 13.1 Å². The number of imide groups is 1. The van der Waals surface area contributed by atoms with Crippen molar-refractivity contribution in [2.45, 2.75) is 65.5 Å². The van der Waals surface area contributed by atoms with E-state index in [2.05, 4.69) is 50.8 Å². The van der Waals surface area contributed by atoms with Crippen molar-refractivity contribution in [2.24, 2.45) is 5.92 Å². The van der Waals surface area contributed by atoms with E-state index >= 15 is 0 Å². The largest absolute Gasteiger partial charge is 0.287 e. The number of benzene rings is 1. The topological polar surface area (TPSA) is 40.6 Å². The minimum Gasteiger partial charge on any atom is -0.287 e. The van der Waals surface area contributed by atoms with Crippen LogP contribution in [0.15, 0.2) is 18.2 Å². The molecule has 1 saturated heterocycles. The Morgan fingerprint density at radius 3 is 2.60 bits per heavy atom. The minimum atomic E-state index is -0.268. The van der Waals surface area contributed by atoms with Gasteiger partial charge in [-0.15, -0.1) is 0 Å². The number of likely N-dealkylation sites (tertiary alicyclic amines) is 1. The highest BCUT2D eigenvalue weighted by Gasteiger charge is 2.42. The van der Waals surface area contributed by atoms with Crippen LogP contribution in [0.1, 0.15) is 63.1 Å². The molecule has 2 amide bonds. The molecule has 1 unspecified atom stereocenters. The molecule has 2 heterocycles. The summed E-state index contributed by atoms with van der Waals surface area (Å²) in [4.78, 5) is 28.8. The van der Waals surface area contributed by atoms with Crippen molar-refractivity contribution in [3.8, 4) is 0 Å². The molecule has 0 aliphatic carbocycles. The third-order valence-electron chi connectivity index (χ3n) is 5.54. The summed E-state index contributed by atoms with van der Waals surface area (Å²) in [7, 11) is 0. The van der Waals surface area contributed by atoms with Crippen LogP contribution < -0.4 is 0 Å². The minimum absolute atomic E-state index is 0.00243. The Bertz CT molecular complexity index is 666. The van der Waals surface area contributed by atoms with E-state index in [4.69, 9.17) is 0 Å². The van der Waals surface area contributed by atoms with Crippen molar-refractivity contribution < 1.29 is 9.59 Å². The molecule has 0 bridgehead atoms. The summed E-state index contributed by atoms with van der Waals surface area (Å²) in [6, 6.07) is 6.24. The highest BCUT2D eigenvalue weighted by Crippen LogP contribution is 2.30. The monoisotopic (exact) mass is 342 g/mol. The van der Waals surface area contributed by atoms with Gasteiger partial charge < -0.3 is 0 Å². The van der Waals surface area contributed by atoms with Crippen LogP contribution in [0, 0.1) is 5.92 Å². The quantitative estimate of drug-likeness (QED) is 0.771. The fourth-order valence-electron chi connectivity index (χ4n) is 4.04. The van der Waals surface area contributed by atoms with Gasteiger partial charge >= 0.3 is 0 Å². The number of hydrogen-bond acceptors (Lipinski definition) is 3. The van der Waals surface area contributed by atoms with Crippen LogP contribution in [-0.2, 0) is 22.6 Å². The van der Waals surface area contributed by atoms with Crippen molar-refractivity contribution in [3.05, 3.63) is 34.9 Å². The lowest BCUT2D eigenvalue weighted by Crippen LogP contribution is -2.44. The van der Waals surface area contributed by atoms with Gasteiger partial charge in [0.05, 0.1) is 12.5 Å². The smallest absolute Gasteiger partial charge is 0.247 e. The summed E-state index contributed by atoms with van der Waals surface area (Å²) >= 11 is 0. The molecule has 136 valence electrons. The zero-order valence-corrected chi connectivity index (χ0v) is 15.9. The number of hydrogen-bond donors (Lipinski definition) is 0. The molecule has 4 heteroatoms. The lowest BCUT2D eigenvalue weighted by atomic mass is 9.88. The van der Waals surface area contributed by atoms with E-state index in [1.807, 2.05) is 0 Å². The van der Waals surface area contributed by atoms with Gasteiger partial charge in [0.2, 0.25) is 11.8 Å². The van der Waals surface area contributed by atoms with Crippen LogP contribution in [0.4, 0.5) is 0 Å². The Morgan fingerprint density at radius 1 is 1.16 bits per heavy atom. The molecule has 3 rings (SSSR count). The molecule has 0 radical (unpaired) electrons. The zero-order valence-electron chi connectivity index (χ0n) is 15.9. The van der Waals surface area contributed by atoms with Gasteiger partial charge in [-0.1, -0.05) is 45.9 Å². The molecule has 1 aromatic carbocycles. The van der Waals surface area contributed by atoms with Crippen LogP contribution in [0.3, 0.4) is 0 Å². The van der Waals surface area contributed by atoms with Gasteiger partial charge in [-0.25, -0.2) is 0 Å². The van der Waals surface area contributed by atoms with E-state index < -0.39 is 0 Å². The van der Waals surface area contributed by atoms with Crippen molar-refractivity contribution in [3.63, 3.8) is 0 Å². The highest BCUT2D eigenvalue weighted by atomic mass is 16.2. The number of amides is 2. The molecule has 2 aliphatic rings. The maximum absolute atomic E-state index is 12.8. The third kappa shape index (κ3) is 3.64. The fourth-order valence-corrected chi connectivity index (χ4v) is 4.04. The predicted octanol–water partition coefficient (Wildman–Crippen LogP) is 3.34. The van der Waals surface area contributed by atoms with Gasteiger partial charge in [0.25, 0.3) is 0 Å². The van der Waals surface area contributed by atoms with Gasteiger partial charge in [-0.3, -0.25) is 19.4 Å².